The molecule has 2 aromatic rings. The molecule has 8 nitrogen and oxygen atoms in total. The summed E-state index contributed by atoms with van der Waals surface area (Å²) in [6.07, 6.45) is 1.33. The number of carbonyl (C=O) groups excluding carboxylic acids is 3. The minimum Gasteiger partial charge on any atom is -0.496 e. The zero-order valence-electron chi connectivity index (χ0n) is 15.8. The predicted octanol–water partition coefficient (Wildman–Crippen LogP) is 3.03. The van der Waals surface area contributed by atoms with Crippen LogP contribution in [0.2, 0.25) is 5.02 Å². The first kappa shape index (κ1) is 20.2. The van der Waals surface area contributed by atoms with Gasteiger partial charge in [0.15, 0.2) is 11.5 Å². The first-order valence-corrected chi connectivity index (χ1v) is 8.74. The van der Waals surface area contributed by atoms with Crippen LogP contribution >= 0.6 is 11.6 Å². The van der Waals surface area contributed by atoms with Crippen molar-refractivity contribution in [2.45, 2.75) is 0 Å². The van der Waals surface area contributed by atoms with Crippen molar-refractivity contribution in [2.75, 3.05) is 26.2 Å². The quantitative estimate of drug-likeness (QED) is 0.594. The smallest absolute Gasteiger partial charge is 0.335 e. The van der Waals surface area contributed by atoms with E-state index in [0.717, 1.165) is 4.90 Å². The van der Waals surface area contributed by atoms with E-state index in [-0.39, 0.29) is 11.3 Å². The van der Waals surface area contributed by atoms with Crippen molar-refractivity contribution >= 4 is 41.2 Å². The highest BCUT2D eigenvalue weighted by Gasteiger charge is 2.37. The number of barbiturate groups is 1. The van der Waals surface area contributed by atoms with E-state index in [1.807, 2.05) is 0 Å². The number of ether oxygens (including phenoxy) is 3. The fourth-order valence-corrected chi connectivity index (χ4v) is 2.93. The molecule has 0 spiro atoms. The van der Waals surface area contributed by atoms with Gasteiger partial charge in [-0.05, 0) is 36.4 Å². The van der Waals surface area contributed by atoms with Gasteiger partial charge in [0.1, 0.15) is 11.3 Å². The largest absolute Gasteiger partial charge is 0.496 e. The molecule has 1 aliphatic heterocycles. The summed E-state index contributed by atoms with van der Waals surface area (Å²) in [5.74, 6) is -0.441. The van der Waals surface area contributed by atoms with Crippen molar-refractivity contribution in [3.05, 3.63) is 52.6 Å². The zero-order chi connectivity index (χ0) is 21.1. The van der Waals surface area contributed by atoms with E-state index in [4.69, 9.17) is 25.8 Å². The second-order valence-corrected chi connectivity index (χ2v) is 6.32. The van der Waals surface area contributed by atoms with Gasteiger partial charge in [0.25, 0.3) is 11.8 Å². The molecule has 3 rings (SSSR count). The second kappa shape index (κ2) is 8.24. The molecule has 0 atom stereocenters. The Hall–Kier alpha value is -3.52. The SMILES string of the molecule is COc1cc(OC)c(OC)cc1C=C1C(=O)NC(=O)N(c2ccc(Cl)cc2)C1=O. The van der Waals surface area contributed by atoms with E-state index in [2.05, 4.69) is 5.32 Å². The number of rotatable bonds is 5. The summed E-state index contributed by atoms with van der Waals surface area (Å²) in [6.45, 7) is 0. The summed E-state index contributed by atoms with van der Waals surface area (Å²) in [6, 6.07) is 8.36. The van der Waals surface area contributed by atoms with Gasteiger partial charge in [-0.1, -0.05) is 11.6 Å². The Balaban J connectivity index is 2.08. The monoisotopic (exact) mass is 416 g/mol. The van der Waals surface area contributed by atoms with Crippen molar-refractivity contribution in [1.82, 2.24) is 5.32 Å². The maximum Gasteiger partial charge on any atom is 0.335 e. The number of nitrogens with one attached hydrogen (secondary N) is 1. The molecule has 1 N–H and O–H groups in total. The van der Waals surface area contributed by atoms with Gasteiger partial charge in [0, 0.05) is 16.7 Å². The van der Waals surface area contributed by atoms with Crippen LogP contribution in [0.3, 0.4) is 0 Å². The van der Waals surface area contributed by atoms with Crippen molar-refractivity contribution in [2.24, 2.45) is 0 Å². The fourth-order valence-electron chi connectivity index (χ4n) is 2.80. The highest BCUT2D eigenvalue weighted by Crippen LogP contribution is 2.36. The van der Waals surface area contributed by atoms with E-state index in [9.17, 15) is 14.4 Å². The third kappa shape index (κ3) is 3.88. The third-order valence-electron chi connectivity index (χ3n) is 4.22. The number of methoxy groups -OCH3 is 3. The van der Waals surface area contributed by atoms with Crippen molar-refractivity contribution in [3.8, 4) is 17.2 Å². The molecule has 4 amide bonds. The van der Waals surface area contributed by atoms with E-state index >= 15 is 0 Å². The number of hydrogen-bond donors (Lipinski definition) is 1. The summed E-state index contributed by atoms with van der Waals surface area (Å²) in [7, 11) is 4.37. The lowest BCUT2D eigenvalue weighted by Crippen LogP contribution is -2.54. The lowest BCUT2D eigenvalue weighted by atomic mass is 10.1. The molecule has 0 saturated carbocycles. The van der Waals surface area contributed by atoms with Crippen LogP contribution in [0.25, 0.3) is 6.08 Å². The normalized spacial score (nSPS) is 15.4. The van der Waals surface area contributed by atoms with E-state index in [1.54, 1.807) is 12.1 Å². The van der Waals surface area contributed by atoms with E-state index in [0.29, 0.717) is 27.8 Å². The van der Waals surface area contributed by atoms with Crippen molar-refractivity contribution in [3.63, 3.8) is 0 Å². The van der Waals surface area contributed by atoms with Gasteiger partial charge in [0.05, 0.1) is 27.0 Å². The van der Waals surface area contributed by atoms with Crippen LogP contribution in [0.4, 0.5) is 10.5 Å². The molecule has 0 unspecified atom stereocenters. The molecule has 29 heavy (non-hydrogen) atoms. The summed E-state index contributed by atoms with van der Waals surface area (Å²) in [5.41, 5.74) is 0.425. The number of amides is 4. The molecule has 2 aromatic carbocycles. The minimum atomic E-state index is -0.848. The van der Waals surface area contributed by atoms with Crippen LogP contribution in [0, 0.1) is 0 Å². The maximum absolute atomic E-state index is 13.0. The number of nitrogens with zero attached hydrogens (tertiary/aromatic N) is 1. The Morgan fingerprint density at radius 3 is 2.07 bits per heavy atom. The van der Waals surface area contributed by atoms with Crippen LogP contribution < -0.4 is 24.4 Å². The summed E-state index contributed by atoms with van der Waals surface area (Å²) < 4.78 is 15.8. The number of urea groups is 1. The third-order valence-corrected chi connectivity index (χ3v) is 4.47. The minimum absolute atomic E-state index is 0.245. The molecule has 0 aliphatic carbocycles. The average Bonchev–Trinajstić information content (AvgIpc) is 2.71. The van der Waals surface area contributed by atoms with E-state index < -0.39 is 17.8 Å². The summed E-state index contributed by atoms with van der Waals surface area (Å²) in [4.78, 5) is 38.4. The Kier molecular flexibility index (Phi) is 5.74. The highest BCUT2D eigenvalue weighted by atomic mass is 35.5. The Bertz CT molecular complexity index is 1020. The number of imide groups is 2. The number of hydrogen-bond acceptors (Lipinski definition) is 6. The molecule has 0 bridgehead atoms. The maximum atomic E-state index is 13.0. The average molecular weight is 417 g/mol. The number of carbonyl (C=O) groups is 3. The topological polar surface area (TPSA) is 94.2 Å². The second-order valence-electron chi connectivity index (χ2n) is 5.88. The molecule has 150 valence electrons. The van der Waals surface area contributed by atoms with Gasteiger partial charge < -0.3 is 14.2 Å². The Morgan fingerprint density at radius 2 is 1.48 bits per heavy atom. The molecular weight excluding hydrogens is 400 g/mol. The number of benzene rings is 2. The van der Waals surface area contributed by atoms with Gasteiger partial charge in [0.2, 0.25) is 0 Å². The van der Waals surface area contributed by atoms with Crippen LogP contribution in [0.5, 0.6) is 17.2 Å². The standard InChI is InChI=1S/C20H17ClN2O6/c1-27-15-10-17(29-3)16(28-2)9-11(15)8-14-18(24)22-20(26)23(19(14)25)13-6-4-12(21)5-7-13/h4-10H,1-3H3,(H,22,24,26). The summed E-state index contributed by atoms with van der Waals surface area (Å²) >= 11 is 5.86. The molecule has 0 aromatic heterocycles. The zero-order valence-corrected chi connectivity index (χ0v) is 16.6. The number of anilines is 1. The van der Waals surface area contributed by atoms with Gasteiger partial charge >= 0.3 is 6.03 Å². The molecule has 1 fully saturated rings. The van der Waals surface area contributed by atoms with Gasteiger partial charge in [-0.2, -0.15) is 0 Å². The Morgan fingerprint density at radius 1 is 0.897 bits per heavy atom. The van der Waals surface area contributed by atoms with Crippen LogP contribution in [0.15, 0.2) is 42.0 Å². The highest BCUT2D eigenvalue weighted by molar-refractivity contribution is 6.39. The molecule has 1 aliphatic rings. The van der Waals surface area contributed by atoms with Crippen molar-refractivity contribution in [1.29, 1.82) is 0 Å². The molecule has 1 saturated heterocycles. The lowest BCUT2D eigenvalue weighted by molar-refractivity contribution is -0.122. The van der Waals surface area contributed by atoms with Crippen molar-refractivity contribution < 1.29 is 28.6 Å². The van der Waals surface area contributed by atoms with Gasteiger partial charge in [-0.25, -0.2) is 9.69 Å². The van der Waals surface area contributed by atoms with E-state index in [1.165, 1.54) is 51.7 Å². The van der Waals surface area contributed by atoms with Crippen LogP contribution in [-0.2, 0) is 9.59 Å². The molecule has 9 heteroatoms. The molecule has 1 heterocycles. The summed E-state index contributed by atoms with van der Waals surface area (Å²) in [5, 5.41) is 2.61. The fraction of sp³-hybridized carbons (Fsp3) is 0.150. The Labute approximate surface area is 171 Å². The lowest BCUT2D eigenvalue weighted by Gasteiger charge is -2.26. The number of halogens is 1. The van der Waals surface area contributed by atoms with Crippen LogP contribution in [0.1, 0.15) is 5.56 Å². The first-order chi connectivity index (χ1) is 13.9. The molecular formula is C20H17ClN2O6. The first-order valence-electron chi connectivity index (χ1n) is 8.36. The molecule has 0 radical (unpaired) electrons. The predicted molar refractivity (Wildman–Crippen MR) is 107 cm³/mol. The van der Waals surface area contributed by atoms with Gasteiger partial charge in [-0.3, -0.25) is 14.9 Å². The van der Waals surface area contributed by atoms with Gasteiger partial charge in [-0.15, -0.1) is 0 Å². The van der Waals surface area contributed by atoms with Crippen LogP contribution in [-0.4, -0.2) is 39.2 Å².